The van der Waals surface area contributed by atoms with Crippen LogP contribution in [-0.2, 0) is 9.05 Å². The molecule has 2 aromatic heterocycles. The molecule has 112 valence electrons. The average molecular weight is 346 g/mol. The molecule has 0 bridgehead atoms. The third kappa shape index (κ3) is 3.58. The highest BCUT2D eigenvalue weighted by atomic mass is 35.7. The van der Waals surface area contributed by atoms with Crippen molar-refractivity contribution in [2.45, 2.75) is 25.0 Å². The average Bonchev–Trinajstić information content (AvgIpc) is 2.69. The molecule has 0 aliphatic carbocycles. The van der Waals surface area contributed by atoms with Crippen molar-refractivity contribution in [1.29, 1.82) is 0 Å². The van der Waals surface area contributed by atoms with Crippen LogP contribution in [0.15, 0.2) is 16.3 Å². The van der Waals surface area contributed by atoms with Gasteiger partial charge in [-0.3, -0.25) is 15.1 Å². The Morgan fingerprint density at radius 3 is 2.38 bits per heavy atom. The van der Waals surface area contributed by atoms with E-state index in [0.717, 1.165) is 17.0 Å². The molecule has 0 saturated carbocycles. The molecule has 0 radical (unpaired) electrons. The number of halogens is 1. The number of carbonyl (C=O) groups excluding carboxylic acids is 1. The number of nitrogens with one attached hydrogen (secondary N) is 1. The lowest BCUT2D eigenvalue weighted by Gasteiger charge is -2.05. The molecule has 0 saturated heterocycles. The zero-order chi connectivity index (χ0) is 15.8. The van der Waals surface area contributed by atoms with E-state index in [1.54, 1.807) is 19.1 Å². The first-order chi connectivity index (χ1) is 9.68. The van der Waals surface area contributed by atoms with Gasteiger partial charge in [-0.25, -0.2) is 13.4 Å². The van der Waals surface area contributed by atoms with E-state index in [9.17, 15) is 13.2 Å². The fraction of sp³-hybridized carbons (Fsp3) is 0.250. The Hall–Kier alpha value is -1.51. The molecule has 0 atom stereocenters. The Morgan fingerprint density at radius 2 is 1.86 bits per heavy atom. The number of aryl methyl sites for hydroxylation is 3. The summed E-state index contributed by atoms with van der Waals surface area (Å²) in [4.78, 5) is 20.3. The quantitative estimate of drug-likeness (QED) is 0.864. The van der Waals surface area contributed by atoms with Gasteiger partial charge in [0.05, 0.1) is 17.0 Å². The van der Waals surface area contributed by atoms with Gasteiger partial charge in [0.2, 0.25) is 0 Å². The summed E-state index contributed by atoms with van der Waals surface area (Å²) < 4.78 is 22.6. The van der Waals surface area contributed by atoms with Gasteiger partial charge in [-0.1, -0.05) is 11.3 Å². The summed E-state index contributed by atoms with van der Waals surface area (Å²) in [6, 6.07) is 3.39. The van der Waals surface area contributed by atoms with Crippen molar-refractivity contribution in [3.05, 3.63) is 34.8 Å². The van der Waals surface area contributed by atoms with E-state index >= 15 is 0 Å². The van der Waals surface area contributed by atoms with Crippen molar-refractivity contribution >= 4 is 42.1 Å². The summed E-state index contributed by atoms with van der Waals surface area (Å²) in [5.74, 6) is -0.396. The van der Waals surface area contributed by atoms with Gasteiger partial charge in [0, 0.05) is 16.4 Å². The van der Waals surface area contributed by atoms with E-state index in [0.29, 0.717) is 11.3 Å². The lowest BCUT2D eigenvalue weighted by molar-refractivity contribution is 0.102. The van der Waals surface area contributed by atoms with Crippen LogP contribution >= 0.6 is 22.0 Å². The molecule has 1 N–H and O–H groups in total. The second-order valence-corrected chi connectivity index (χ2v) is 8.13. The summed E-state index contributed by atoms with van der Waals surface area (Å²) in [7, 11) is 1.43. The predicted octanol–water partition coefficient (Wildman–Crippen LogP) is 2.64. The van der Waals surface area contributed by atoms with Crippen molar-refractivity contribution in [2.75, 3.05) is 5.32 Å². The van der Waals surface area contributed by atoms with Gasteiger partial charge in [-0.2, -0.15) is 0 Å². The molecule has 0 aliphatic rings. The molecule has 6 nitrogen and oxygen atoms in total. The van der Waals surface area contributed by atoms with Gasteiger partial charge in [-0.05, 0) is 32.9 Å². The molecule has 0 spiro atoms. The van der Waals surface area contributed by atoms with Crippen LogP contribution in [0.25, 0.3) is 0 Å². The Labute approximate surface area is 130 Å². The molecule has 0 unspecified atom stereocenters. The first-order valence-corrected chi connectivity index (χ1v) is 8.99. The lowest BCUT2D eigenvalue weighted by Crippen LogP contribution is -2.14. The number of pyridine rings is 1. The maximum absolute atomic E-state index is 12.1. The minimum Gasteiger partial charge on any atom is -0.298 e. The summed E-state index contributed by atoms with van der Waals surface area (Å²) >= 11 is 0.815. The zero-order valence-corrected chi connectivity index (χ0v) is 13.9. The van der Waals surface area contributed by atoms with E-state index in [4.69, 9.17) is 10.7 Å². The fourth-order valence-electron chi connectivity index (χ4n) is 1.75. The van der Waals surface area contributed by atoms with Crippen molar-refractivity contribution in [3.8, 4) is 0 Å². The molecule has 2 rings (SSSR count). The van der Waals surface area contributed by atoms with Crippen LogP contribution in [0.5, 0.6) is 0 Å². The number of nitrogens with zero attached hydrogens (tertiary/aromatic N) is 2. The van der Waals surface area contributed by atoms with Crippen LogP contribution in [0, 0.1) is 20.8 Å². The standard InChI is InChI=1S/C12H12ClN3O3S2/c1-6-4-5-9(7(2)14-6)10(17)16-12-15-8(3)11(20-12)21(13,18)19/h4-5H,1-3H3,(H,15,16,17). The Bertz CT molecular complexity index is 815. The molecule has 2 heterocycles. The van der Waals surface area contributed by atoms with Crippen molar-refractivity contribution in [1.82, 2.24) is 9.97 Å². The van der Waals surface area contributed by atoms with Crippen LogP contribution in [0.1, 0.15) is 27.4 Å². The van der Waals surface area contributed by atoms with Crippen LogP contribution in [0.2, 0.25) is 0 Å². The number of carbonyl (C=O) groups is 1. The molecule has 9 heteroatoms. The molecular weight excluding hydrogens is 334 g/mol. The topological polar surface area (TPSA) is 89.0 Å². The fourth-order valence-corrected chi connectivity index (χ4v) is 4.10. The Balaban J connectivity index is 2.28. The Morgan fingerprint density at radius 1 is 1.19 bits per heavy atom. The van der Waals surface area contributed by atoms with Gasteiger partial charge in [0.25, 0.3) is 15.0 Å². The SMILES string of the molecule is Cc1ccc(C(=O)Nc2nc(C)c(S(=O)(=O)Cl)s2)c(C)n1. The van der Waals surface area contributed by atoms with Gasteiger partial charge >= 0.3 is 0 Å². The summed E-state index contributed by atoms with van der Waals surface area (Å²) in [6.45, 7) is 5.07. The second-order valence-electron chi connectivity index (χ2n) is 4.37. The smallest absolute Gasteiger partial charge is 0.272 e. The zero-order valence-electron chi connectivity index (χ0n) is 11.5. The first-order valence-electron chi connectivity index (χ1n) is 5.86. The second kappa shape index (κ2) is 5.70. The minimum absolute atomic E-state index is 0.0711. The molecule has 0 aliphatic heterocycles. The van der Waals surface area contributed by atoms with Gasteiger partial charge in [-0.15, -0.1) is 0 Å². The number of aromatic nitrogens is 2. The van der Waals surface area contributed by atoms with Crippen LogP contribution in [0.4, 0.5) is 5.13 Å². The number of hydrogen-bond donors (Lipinski definition) is 1. The molecular formula is C12H12ClN3O3S2. The van der Waals surface area contributed by atoms with Crippen LogP contribution in [0.3, 0.4) is 0 Å². The Kier molecular flexibility index (Phi) is 4.31. The molecule has 0 fully saturated rings. The van der Waals surface area contributed by atoms with Gasteiger partial charge in [0.1, 0.15) is 0 Å². The van der Waals surface area contributed by atoms with Crippen LogP contribution in [-0.4, -0.2) is 24.3 Å². The molecule has 21 heavy (non-hydrogen) atoms. The summed E-state index contributed by atoms with van der Waals surface area (Å²) in [5.41, 5.74) is 2.06. The summed E-state index contributed by atoms with van der Waals surface area (Å²) in [6.07, 6.45) is 0. The highest BCUT2D eigenvalue weighted by Gasteiger charge is 2.21. The van der Waals surface area contributed by atoms with Gasteiger partial charge < -0.3 is 0 Å². The highest BCUT2D eigenvalue weighted by molar-refractivity contribution is 8.15. The number of thiazole rings is 1. The monoisotopic (exact) mass is 345 g/mol. The van der Waals surface area contributed by atoms with E-state index in [1.807, 2.05) is 6.92 Å². The predicted molar refractivity (Wildman–Crippen MR) is 81.6 cm³/mol. The largest absolute Gasteiger partial charge is 0.298 e. The maximum atomic E-state index is 12.1. The number of amides is 1. The van der Waals surface area contributed by atoms with Gasteiger partial charge in [0.15, 0.2) is 9.34 Å². The normalized spacial score (nSPS) is 11.4. The van der Waals surface area contributed by atoms with Crippen molar-refractivity contribution in [3.63, 3.8) is 0 Å². The third-order valence-electron chi connectivity index (χ3n) is 2.67. The third-order valence-corrected chi connectivity index (χ3v) is 5.92. The molecule has 2 aromatic rings. The number of rotatable bonds is 3. The van der Waals surface area contributed by atoms with E-state index in [-0.39, 0.29) is 15.0 Å². The lowest BCUT2D eigenvalue weighted by atomic mass is 10.2. The summed E-state index contributed by atoms with van der Waals surface area (Å²) in [5, 5.41) is 2.73. The van der Waals surface area contributed by atoms with E-state index in [1.165, 1.54) is 6.92 Å². The first kappa shape index (κ1) is 15.9. The molecule has 0 aromatic carbocycles. The van der Waals surface area contributed by atoms with Crippen molar-refractivity contribution in [2.24, 2.45) is 0 Å². The van der Waals surface area contributed by atoms with E-state index < -0.39 is 15.0 Å². The highest BCUT2D eigenvalue weighted by Crippen LogP contribution is 2.30. The van der Waals surface area contributed by atoms with E-state index in [2.05, 4.69) is 15.3 Å². The minimum atomic E-state index is -3.86. The molecule has 1 amide bonds. The number of hydrogen-bond acceptors (Lipinski definition) is 6. The van der Waals surface area contributed by atoms with Crippen molar-refractivity contribution < 1.29 is 13.2 Å². The maximum Gasteiger partial charge on any atom is 0.272 e. The number of anilines is 1. The van der Waals surface area contributed by atoms with Crippen LogP contribution < -0.4 is 5.32 Å².